The van der Waals surface area contributed by atoms with Gasteiger partial charge in [-0.1, -0.05) is 11.3 Å². The third-order valence-electron chi connectivity index (χ3n) is 3.25. The number of rotatable bonds is 2. The summed E-state index contributed by atoms with van der Waals surface area (Å²) < 4.78 is 5.85. The summed E-state index contributed by atoms with van der Waals surface area (Å²) in [4.78, 5) is 2.33. The highest BCUT2D eigenvalue weighted by Crippen LogP contribution is 2.47. The Kier molecular flexibility index (Phi) is 2.60. The lowest BCUT2D eigenvalue weighted by Crippen LogP contribution is -2.59. The molecule has 0 aromatic carbocycles. The third kappa shape index (κ3) is 1.72. The minimum absolute atomic E-state index is 0.431. The molecule has 2 saturated heterocycles. The average molecular weight is 257 g/mol. The summed E-state index contributed by atoms with van der Waals surface area (Å²) in [7, 11) is 1.81. The molecule has 0 bridgehead atoms. The van der Waals surface area contributed by atoms with Crippen LogP contribution in [0.25, 0.3) is 0 Å². The van der Waals surface area contributed by atoms with E-state index in [1.165, 1.54) is 6.42 Å². The molecule has 0 N–H and O–H groups in total. The van der Waals surface area contributed by atoms with Crippen LogP contribution in [0.4, 0.5) is 5.13 Å². The lowest BCUT2D eigenvalue weighted by atomic mass is 9.93. The van der Waals surface area contributed by atoms with Gasteiger partial charge in [0, 0.05) is 26.0 Å². The predicted octanol–water partition coefficient (Wildman–Crippen LogP) is 1.56. The molecule has 6 heteroatoms. The second-order valence-electron chi connectivity index (χ2n) is 4.52. The van der Waals surface area contributed by atoms with Gasteiger partial charge in [-0.15, -0.1) is 22.0 Å². The zero-order chi connectivity index (χ0) is 11.2. The molecular formula is C10H15N3OS2. The Hall–Kier alpha value is -0.330. The Bertz CT molecular complexity index is 389. The molecule has 3 heterocycles. The van der Waals surface area contributed by atoms with E-state index in [1.54, 1.807) is 11.3 Å². The Balaban J connectivity index is 1.62. The lowest BCUT2D eigenvalue weighted by Gasteiger charge is -2.47. The molecule has 3 rings (SSSR count). The van der Waals surface area contributed by atoms with Gasteiger partial charge in [-0.3, -0.25) is 0 Å². The molecular weight excluding hydrogens is 242 g/mol. The molecule has 16 heavy (non-hydrogen) atoms. The van der Waals surface area contributed by atoms with Crippen molar-refractivity contribution >= 4 is 28.2 Å². The van der Waals surface area contributed by atoms with Crippen LogP contribution in [0.3, 0.4) is 0 Å². The van der Waals surface area contributed by atoms with Crippen molar-refractivity contribution in [3.63, 3.8) is 0 Å². The molecule has 2 fully saturated rings. The van der Waals surface area contributed by atoms with E-state index in [9.17, 15) is 0 Å². The van der Waals surface area contributed by atoms with Crippen LogP contribution in [0.15, 0.2) is 0 Å². The largest absolute Gasteiger partial charge is 0.381 e. The van der Waals surface area contributed by atoms with Crippen molar-refractivity contribution in [1.29, 1.82) is 0 Å². The van der Waals surface area contributed by atoms with E-state index in [0.29, 0.717) is 10.9 Å². The molecule has 0 unspecified atom stereocenters. The quantitative estimate of drug-likeness (QED) is 0.804. The molecule has 0 aliphatic carbocycles. The monoisotopic (exact) mass is 257 g/mol. The zero-order valence-corrected chi connectivity index (χ0v) is 11.1. The number of aromatic nitrogens is 2. The van der Waals surface area contributed by atoms with E-state index in [1.807, 2.05) is 14.0 Å². The van der Waals surface area contributed by atoms with Crippen molar-refractivity contribution in [2.75, 3.05) is 30.9 Å². The fourth-order valence-electron chi connectivity index (χ4n) is 2.37. The van der Waals surface area contributed by atoms with Gasteiger partial charge in [0.05, 0.1) is 10.9 Å². The van der Waals surface area contributed by atoms with Crippen LogP contribution in [-0.4, -0.2) is 47.0 Å². The summed E-state index contributed by atoms with van der Waals surface area (Å²) in [6, 6.07) is 0. The molecule has 0 radical (unpaired) electrons. The van der Waals surface area contributed by atoms with Crippen LogP contribution in [0, 0.1) is 6.92 Å². The zero-order valence-electron chi connectivity index (χ0n) is 9.47. The fourth-order valence-corrected chi connectivity index (χ4v) is 4.65. The molecule has 4 nitrogen and oxygen atoms in total. The van der Waals surface area contributed by atoms with Gasteiger partial charge in [0.1, 0.15) is 5.01 Å². The van der Waals surface area contributed by atoms with Crippen LogP contribution in [0.1, 0.15) is 11.4 Å². The summed E-state index contributed by atoms with van der Waals surface area (Å²) in [6.45, 7) is 4.21. The van der Waals surface area contributed by atoms with E-state index in [2.05, 4.69) is 26.9 Å². The van der Waals surface area contributed by atoms with E-state index in [0.717, 1.165) is 29.0 Å². The highest BCUT2D eigenvalue weighted by molar-refractivity contribution is 8.01. The number of thioether (sulfide) groups is 1. The van der Waals surface area contributed by atoms with Gasteiger partial charge in [-0.25, -0.2) is 0 Å². The van der Waals surface area contributed by atoms with E-state index in [-0.39, 0.29) is 0 Å². The summed E-state index contributed by atoms with van der Waals surface area (Å²) in [5.74, 6) is 1.14. The van der Waals surface area contributed by atoms with Gasteiger partial charge in [-0.2, -0.15) is 0 Å². The summed E-state index contributed by atoms with van der Waals surface area (Å²) in [6.07, 6.45) is 1.63. The number of hydrogen-bond donors (Lipinski definition) is 0. The number of nitrogens with zero attached hydrogens (tertiary/aromatic N) is 3. The van der Waals surface area contributed by atoms with Crippen molar-refractivity contribution in [1.82, 2.24) is 10.2 Å². The standard InChI is InChI=1S/C10H15N3OS2/c1-7-11-12-9(16-7)13-5-10(6-13)3-8(14-2)4-15-10/h8H,3-6H2,1-2H3/t8-/m0/s1. The minimum Gasteiger partial charge on any atom is -0.381 e. The second-order valence-corrected chi connectivity index (χ2v) is 7.16. The molecule has 88 valence electrons. The first-order valence-electron chi connectivity index (χ1n) is 5.43. The van der Waals surface area contributed by atoms with Crippen molar-refractivity contribution in [2.24, 2.45) is 0 Å². The first kappa shape index (κ1) is 10.8. The van der Waals surface area contributed by atoms with Gasteiger partial charge in [0.15, 0.2) is 0 Å². The summed E-state index contributed by atoms with van der Waals surface area (Å²) >= 11 is 3.74. The molecule has 0 amide bonds. The van der Waals surface area contributed by atoms with Gasteiger partial charge in [-0.05, 0) is 13.3 Å². The van der Waals surface area contributed by atoms with Crippen molar-refractivity contribution in [3.05, 3.63) is 5.01 Å². The number of ether oxygens (including phenoxy) is 1. The third-order valence-corrected chi connectivity index (χ3v) is 5.73. The Morgan fingerprint density at radius 2 is 2.25 bits per heavy atom. The van der Waals surface area contributed by atoms with E-state index >= 15 is 0 Å². The number of hydrogen-bond acceptors (Lipinski definition) is 6. The van der Waals surface area contributed by atoms with E-state index in [4.69, 9.17) is 4.74 Å². The van der Waals surface area contributed by atoms with Crippen LogP contribution in [-0.2, 0) is 4.74 Å². The molecule has 2 aliphatic heterocycles. The summed E-state index contributed by atoms with van der Waals surface area (Å²) in [5.41, 5.74) is 0. The van der Waals surface area contributed by atoms with Gasteiger partial charge >= 0.3 is 0 Å². The normalized spacial score (nSPS) is 27.4. The number of anilines is 1. The Morgan fingerprint density at radius 3 is 2.81 bits per heavy atom. The number of methoxy groups -OCH3 is 1. The maximum atomic E-state index is 5.42. The predicted molar refractivity (Wildman–Crippen MR) is 67.5 cm³/mol. The maximum absolute atomic E-state index is 5.42. The van der Waals surface area contributed by atoms with Crippen molar-refractivity contribution in [2.45, 2.75) is 24.2 Å². The number of aryl methyl sites for hydroxylation is 1. The Labute approximate surface area is 103 Å². The first-order chi connectivity index (χ1) is 7.71. The van der Waals surface area contributed by atoms with Crippen LogP contribution in [0.2, 0.25) is 0 Å². The van der Waals surface area contributed by atoms with Crippen molar-refractivity contribution < 1.29 is 4.74 Å². The molecule has 1 atom stereocenters. The minimum atomic E-state index is 0.431. The van der Waals surface area contributed by atoms with E-state index < -0.39 is 0 Å². The Morgan fingerprint density at radius 1 is 1.44 bits per heavy atom. The van der Waals surface area contributed by atoms with Crippen LogP contribution in [0.5, 0.6) is 0 Å². The maximum Gasteiger partial charge on any atom is 0.208 e. The summed E-state index contributed by atoms with van der Waals surface area (Å²) in [5, 5.41) is 10.4. The molecule has 1 aromatic heterocycles. The molecule has 2 aliphatic rings. The SMILES string of the molecule is CO[C@@H]1CSC2(C1)CN(c1nnc(C)s1)C2. The van der Waals surface area contributed by atoms with Gasteiger partial charge < -0.3 is 9.64 Å². The molecule has 0 saturated carbocycles. The fraction of sp³-hybridized carbons (Fsp3) is 0.800. The smallest absolute Gasteiger partial charge is 0.208 e. The van der Waals surface area contributed by atoms with Crippen molar-refractivity contribution in [3.8, 4) is 0 Å². The molecule has 1 aromatic rings. The van der Waals surface area contributed by atoms with Gasteiger partial charge in [0.2, 0.25) is 5.13 Å². The topological polar surface area (TPSA) is 38.2 Å². The van der Waals surface area contributed by atoms with Crippen LogP contribution >= 0.6 is 23.1 Å². The average Bonchev–Trinajstić information content (AvgIpc) is 2.81. The second kappa shape index (κ2) is 3.85. The molecule has 1 spiro atoms. The highest BCUT2D eigenvalue weighted by atomic mass is 32.2. The lowest BCUT2D eigenvalue weighted by molar-refractivity contribution is 0.109. The van der Waals surface area contributed by atoms with Gasteiger partial charge in [0.25, 0.3) is 0 Å². The highest BCUT2D eigenvalue weighted by Gasteiger charge is 2.50. The first-order valence-corrected chi connectivity index (χ1v) is 7.23. The van der Waals surface area contributed by atoms with Crippen LogP contribution < -0.4 is 4.90 Å².